The van der Waals surface area contributed by atoms with Gasteiger partial charge in [0.15, 0.2) is 0 Å². The molecule has 0 heterocycles. The molecule has 19 heavy (non-hydrogen) atoms. The summed E-state index contributed by atoms with van der Waals surface area (Å²) in [5.74, 6) is 1.35. The number of nitrogens with two attached hydrogens (primary N) is 1. The van der Waals surface area contributed by atoms with Gasteiger partial charge in [0, 0.05) is 23.2 Å². The van der Waals surface area contributed by atoms with Crippen LogP contribution in [0.5, 0.6) is 5.75 Å². The summed E-state index contributed by atoms with van der Waals surface area (Å²) in [7, 11) is 3.75. The molecule has 0 spiro atoms. The average Bonchev–Trinajstić information content (AvgIpc) is 2.39. The summed E-state index contributed by atoms with van der Waals surface area (Å²) in [6, 6.07) is 6.17. The van der Waals surface area contributed by atoms with E-state index < -0.39 is 0 Å². The first-order valence-electron chi connectivity index (χ1n) is 6.68. The van der Waals surface area contributed by atoms with Gasteiger partial charge in [-0.25, -0.2) is 0 Å². The molecule has 0 aromatic heterocycles. The number of rotatable bonds is 6. The summed E-state index contributed by atoms with van der Waals surface area (Å²) in [4.78, 5) is 2.27. The van der Waals surface area contributed by atoms with E-state index in [4.69, 9.17) is 22.1 Å². The first-order valence-corrected chi connectivity index (χ1v) is 7.06. The normalized spacial score (nSPS) is 14.8. The number of ether oxygens (including phenoxy) is 1. The summed E-state index contributed by atoms with van der Waals surface area (Å²) in [5, 5.41) is 0.706. The minimum Gasteiger partial charge on any atom is -0.496 e. The van der Waals surface area contributed by atoms with Crippen LogP contribution in [0.15, 0.2) is 18.2 Å². The van der Waals surface area contributed by atoms with Crippen LogP contribution in [-0.4, -0.2) is 31.6 Å². The van der Waals surface area contributed by atoms with Crippen molar-refractivity contribution in [1.29, 1.82) is 0 Å². The van der Waals surface area contributed by atoms with Crippen molar-refractivity contribution >= 4 is 11.6 Å². The van der Waals surface area contributed by atoms with E-state index in [1.165, 1.54) is 0 Å². The first kappa shape index (κ1) is 16.3. The van der Waals surface area contributed by atoms with E-state index in [0.717, 1.165) is 11.3 Å². The van der Waals surface area contributed by atoms with Gasteiger partial charge in [-0.3, -0.25) is 4.90 Å². The molecular formula is C15H25ClN2O. The van der Waals surface area contributed by atoms with Crippen molar-refractivity contribution in [3.8, 4) is 5.75 Å². The summed E-state index contributed by atoms with van der Waals surface area (Å²) >= 11 is 6.35. The van der Waals surface area contributed by atoms with Crippen LogP contribution in [0.2, 0.25) is 5.02 Å². The Bertz CT molecular complexity index is 409. The number of hydrogen-bond donors (Lipinski definition) is 1. The van der Waals surface area contributed by atoms with Crippen LogP contribution in [0.3, 0.4) is 0 Å². The summed E-state index contributed by atoms with van der Waals surface area (Å²) in [6.45, 7) is 7.13. The molecular weight excluding hydrogens is 260 g/mol. The van der Waals surface area contributed by atoms with Crippen LogP contribution in [-0.2, 0) is 0 Å². The van der Waals surface area contributed by atoms with E-state index in [1.54, 1.807) is 7.11 Å². The lowest BCUT2D eigenvalue weighted by Crippen LogP contribution is -2.40. The van der Waals surface area contributed by atoms with Gasteiger partial charge < -0.3 is 10.5 Å². The Balaban J connectivity index is 3.16. The SMILES string of the molecule is COc1cccc(Cl)c1C(CN)N(C)C(C)C(C)C. The fourth-order valence-electron chi connectivity index (χ4n) is 2.26. The largest absolute Gasteiger partial charge is 0.496 e. The highest BCUT2D eigenvalue weighted by atomic mass is 35.5. The Kier molecular flexibility index (Phi) is 6.11. The fourth-order valence-corrected chi connectivity index (χ4v) is 2.55. The van der Waals surface area contributed by atoms with Gasteiger partial charge in [-0.15, -0.1) is 0 Å². The van der Waals surface area contributed by atoms with E-state index in [-0.39, 0.29) is 6.04 Å². The summed E-state index contributed by atoms with van der Waals surface area (Å²) < 4.78 is 5.43. The minimum atomic E-state index is 0.0565. The molecule has 0 aliphatic heterocycles. The zero-order valence-electron chi connectivity index (χ0n) is 12.5. The van der Waals surface area contributed by atoms with Gasteiger partial charge in [-0.2, -0.15) is 0 Å². The van der Waals surface area contributed by atoms with Crippen molar-refractivity contribution in [3.05, 3.63) is 28.8 Å². The lowest BCUT2D eigenvalue weighted by atomic mass is 9.98. The Labute approximate surface area is 121 Å². The van der Waals surface area contributed by atoms with Crippen molar-refractivity contribution in [2.24, 2.45) is 11.7 Å². The molecule has 2 unspecified atom stereocenters. The molecule has 108 valence electrons. The van der Waals surface area contributed by atoms with Crippen LogP contribution < -0.4 is 10.5 Å². The molecule has 0 saturated carbocycles. The molecule has 4 heteroatoms. The average molecular weight is 285 g/mol. The molecule has 2 N–H and O–H groups in total. The molecule has 0 aliphatic carbocycles. The third-order valence-electron chi connectivity index (χ3n) is 3.89. The van der Waals surface area contributed by atoms with Gasteiger partial charge in [-0.05, 0) is 32.0 Å². The predicted octanol–water partition coefficient (Wildman–Crippen LogP) is 3.32. The molecule has 0 radical (unpaired) electrons. The van der Waals surface area contributed by atoms with Crippen LogP contribution in [0, 0.1) is 5.92 Å². The number of benzene rings is 1. The third kappa shape index (κ3) is 3.62. The van der Waals surface area contributed by atoms with Gasteiger partial charge >= 0.3 is 0 Å². The standard InChI is InChI=1S/C15H25ClN2O/c1-10(2)11(3)18(4)13(9-17)15-12(16)7-6-8-14(15)19-5/h6-8,10-11,13H,9,17H2,1-5H3. The Morgan fingerprint density at radius 2 is 1.95 bits per heavy atom. The highest BCUT2D eigenvalue weighted by Crippen LogP contribution is 2.35. The highest BCUT2D eigenvalue weighted by Gasteiger charge is 2.26. The summed E-state index contributed by atoms with van der Waals surface area (Å²) in [6.07, 6.45) is 0. The van der Waals surface area contributed by atoms with Crippen molar-refractivity contribution in [2.75, 3.05) is 20.7 Å². The zero-order valence-corrected chi connectivity index (χ0v) is 13.2. The Hall–Kier alpha value is -0.770. The Morgan fingerprint density at radius 3 is 2.42 bits per heavy atom. The summed E-state index contributed by atoms with van der Waals surface area (Å²) in [5.41, 5.74) is 6.96. The monoisotopic (exact) mass is 284 g/mol. The maximum atomic E-state index is 6.35. The molecule has 0 fully saturated rings. The smallest absolute Gasteiger partial charge is 0.125 e. The van der Waals surface area contributed by atoms with Crippen molar-refractivity contribution in [2.45, 2.75) is 32.9 Å². The second-order valence-electron chi connectivity index (χ2n) is 5.26. The Morgan fingerprint density at radius 1 is 1.32 bits per heavy atom. The molecule has 1 aromatic rings. The van der Waals surface area contributed by atoms with Gasteiger partial charge in [0.25, 0.3) is 0 Å². The lowest BCUT2D eigenvalue weighted by Gasteiger charge is -2.35. The van der Waals surface area contributed by atoms with Gasteiger partial charge in [0.2, 0.25) is 0 Å². The molecule has 0 aliphatic rings. The van der Waals surface area contributed by atoms with E-state index in [9.17, 15) is 0 Å². The second-order valence-corrected chi connectivity index (χ2v) is 5.66. The highest BCUT2D eigenvalue weighted by molar-refractivity contribution is 6.31. The lowest BCUT2D eigenvalue weighted by molar-refractivity contribution is 0.149. The second kappa shape index (κ2) is 7.13. The molecule has 1 rings (SSSR count). The van der Waals surface area contributed by atoms with Crippen LogP contribution in [0.1, 0.15) is 32.4 Å². The van der Waals surface area contributed by atoms with Gasteiger partial charge in [-0.1, -0.05) is 31.5 Å². The minimum absolute atomic E-state index is 0.0565. The zero-order chi connectivity index (χ0) is 14.6. The molecule has 0 saturated heterocycles. The van der Waals surface area contributed by atoms with Crippen LogP contribution in [0.4, 0.5) is 0 Å². The number of likely N-dealkylation sites (N-methyl/N-ethyl adjacent to an activating group) is 1. The number of halogens is 1. The van der Waals surface area contributed by atoms with Crippen molar-refractivity contribution in [1.82, 2.24) is 4.90 Å². The predicted molar refractivity (Wildman–Crippen MR) is 81.9 cm³/mol. The van der Waals surface area contributed by atoms with E-state index in [1.807, 2.05) is 18.2 Å². The number of nitrogens with zero attached hydrogens (tertiary/aromatic N) is 1. The van der Waals surface area contributed by atoms with Gasteiger partial charge in [0.05, 0.1) is 13.2 Å². The molecule has 1 aromatic carbocycles. The molecule has 3 nitrogen and oxygen atoms in total. The van der Waals surface area contributed by atoms with Crippen molar-refractivity contribution < 1.29 is 4.74 Å². The van der Waals surface area contributed by atoms with Crippen molar-refractivity contribution in [3.63, 3.8) is 0 Å². The topological polar surface area (TPSA) is 38.5 Å². The van der Waals surface area contributed by atoms with Gasteiger partial charge in [0.1, 0.15) is 5.75 Å². The third-order valence-corrected chi connectivity index (χ3v) is 4.22. The number of hydrogen-bond acceptors (Lipinski definition) is 3. The van der Waals surface area contributed by atoms with E-state index in [2.05, 4.69) is 32.7 Å². The molecule has 0 bridgehead atoms. The molecule has 0 amide bonds. The van der Waals surface area contributed by atoms with Crippen LogP contribution >= 0.6 is 11.6 Å². The quantitative estimate of drug-likeness (QED) is 0.871. The number of methoxy groups -OCH3 is 1. The first-order chi connectivity index (χ1) is 8.93. The van der Waals surface area contributed by atoms with E-state index >= 15 is 0 Å². The maximum absolute atomic E-state index is 6.35. The fraction of sp³-hybridized carbons (Fsp3) is 0.600. The molecule has 2 atom stereocenters. The maximum Gasteiger partial charge on any atom is 0.125 e. The van der Waals surface area contributed by atoms with Crippen LogP contribution in [0.25, 0.3) is 0 Å². The van der Waals surface area contributed by atoms with E-state index in [0.29, 0.717) is 23.5 Å².